The SMILES string of the molecule is COCCC[C@H]1CO[C@H](c2ccc(F)cc2)OC1. The van der Waals surface area contributed by atoms with Gasteiger partial charge in [0.25, 0.3) is 0 Å². The summed E-state index contributed by atoms with van der Waals surface area (Å²) in [5, 5.41) is 0. The highest BCUT2D eigenvalue weighted by atomic mass is 19.1. The molecule has 18 heavy (non-hydrogen) atoms. The number of benzene rings is 1. The summed E-state index contributed by atoms with van der Waals surface area (Å²) < 4.78 is 29.1. The standard InChI is InChI=1S/C14H19FO3/c1-16-8-2-3-11-9-17-14(18-10-11)12-4-6-13(15)7-5-12/h4-7,11,14H,2-3,8-10H2,1H3/t11-,14-. The molecule has 2 rings (SSSR count). The van der Waals surface area contributed by atoms with Gasteiger partial charge in [-0.2, -0.15) is 0 Å². The van der Waals surface area contributed by atoms with Crippen molar-refractivity contribution < 1.29 is 18.6 Å². The van der Waals surface area contributed by atoms with Crippen molar-refractivity contribution >= 4 is 0 Å². The third kappa shape index (κ3) is 3.77. The molecule has 1 saturated heterocycles. The normalized spacial score (nSPS) is 24.1. The maximum Gasteiger partial charge on any atom is 0.183 e. The fourth-order valence-electron chi connectivity index (χ4n) is 2.04. The van der Waals surface area contributed by atoms with Crippen LogP contribution in [-0.4, -0.2) is 26.9 Å². The van der Waals surface area contributed by atoms with Crippen molar-refractivity contribution in [2.75, 3.05) is 26.9 Å². The summed E-state index contributed by atoms with van der Waals surface area (Å²) in [6.07, 6.45) is 1.71. The van der Waals surface area contributed by atoms with Crippen LogP contribution in [-0.2, 0) is 14.2 Å². The van der Waals surface area contributed by atoms with E-state index in [4.69, 9.17) is 14.2 Å². The number of halogens is 1. The van der Waals surface area contributed by atoms with Gasteiger partial charge in [-0.05, 0) is 25.0 Å². The Morgan fingerprint density at radius 2 is 1.89 bits per heavy atom. The molecule has 1 heterocycles. The molecule has 100 valence electrons. The van der Waals surface area contributed by atoms with E-state index in [-0.39, 0.29) is 12.1 Å². The van der Waals surface area contributed by atoms with E-state index in [9.17, 15) is 4.39 Å². The summed E-state index contributed by atoms with van der Waals surface area (Å²) in [5.74, 6) is 0.184. The fraction of sp³-hybridized carbons (Fsp3) is 0.571. The Morgan fingerprint density at radius 1 is 1.22 bits per heavy atom. The molecule has 0 aliphatic carbocycles. The monoisotopic (exact) mass is 254 g/mol. The zero-order valence-corrected chi connectivity index (χ0v) is 10.6. The summed E-state index contributed by atoms with van der Waals surface area (Å²) in [6, 6.07) is 6.25. The van der Waals surface area contributed by atoms with Gasteiger partial charge in [0.15, 0.2) is 6.29 Å². The summed E-state index contributed by atoms with van der Waals surface area (Å²) in [4.78, 5) is 0. The van der Waals surface area contributed by atoms with Gasteiger partial charge in [-0.3, -0.25) is 0 Å². The Morgan fingerprint density at radius 3 is 2.50 bits per heavy atom. The minimum Gasteiger partial charge on any atom is -0.385 e. The molecule has 1 fully saturated rings. The lowest BCUT2D eigenvalue weighted by Gasteiger charge is -2.29. The number of hydrogen-bond acceptors (Lipinski definition) is 3. The van der Waals surface area contributed by atoms with Crippen LogP contribution in [0.2, 0.25) is 0 Å². The second kappa shape index (κ2) is 6.83. The van der Waals surface area contributed by atoms with Crippen molar-refractivity contribution in [3.8, 4) is 0 Å². The molecular formula is C14H19FO3. The van der Waals surface area contributed by atoms with Gasteiger partial charge in [-0.25, -0.2) is 4.39 Å². The highest BCUT2D eigenvalue weighted by molar-refractivity contribution is 5.17. The second-order valence-corrected chi connectivity index (χ2v) is 4.55. The van der Waals surface area contributed by atoms with E-state index in [0.717, 1.165) is 25.0 Å². The minimum absolute atomic E-state index is 0.244. The van der Waals surface area contributed by atoms with E-state index in [1.165, 1.54) is 12.1 Å². The first kappa shape index (κ1) is 13.5. The van der Waals surface area contributed by atoms with Crippen molar-refractivity contribution in [3.05, 3.63) is 35.6 Å². The summed E-state index contributed by atoms with van der Waals surface area (Å²) in [6.45, 7) is 2.15. The minimum atomic E-state index is -0.357. The molecule has 0 saturated carbocycles. The van der Waals surface area contributed by atoms with E-state index < -0.39 is 0 Å². The van der Waals surface area contributed by atoms with Gasteiger partial charge in [0.1, 0.15) is 5.82 Å². The number of rotatable bonds is 5. The first-order valence-corrected chi connectivity index (χ1v) is 6.27. The molecule has 0 aromatic heterocycles. The molecule has 1 aliphatic heterocycles. The van der Waals surface area contributed by atoms with Gasteiger partial charge in [-0.1, -0.05) is 12.1 Å². The lowest BCUT2D eigenvalue weighted by Crippen LogP contribution is -2.27. The zero-order valence-electron chi connectivity index (χ0n) is 10.6. The van der Waals surface area contributed by atoms with Gasteiger partial charge in [0.2, 0.25) is 0 Å². The Labute approximate surface area is 107 Å². The molecule has 1 aromatic rings. The number of hydrogen-bond donors (Lipinski definition) is 0. The van der Waals surface area contributed by atoms with Gasteiger partial charge in [0, 0.05) is 25.2 Å². The fourth-order valence-corrected chi connectivity index (χ4v) is 2.04. The summed E-state index contributed by atoms with van der Waals surface area (Å²) in [5.41, 5.74) is 0.867. The van der Waals surface area contributed by atoms with Gasteiger partial charge in [-0.15, -0.1) is 0 Å². The molecular weight excluding hydrogens is 235 g/mol. The largest absolute Gasteiger partial charge is 0.385 e. The Kier molecular flexibility index (Phi) is 5.11. The predicted molar refractivity (Wildman–Crippen MR) is 65.6 cm³/mol. The molecule has 0 amide bonds. The molecule has 0 unspecified atom stereocenters. The smallest absolute Gasteiger partial charge is 0.183 e. The Bertz CT molecular complexity index is 345. The topological polar surface area (TPSA) is 27.7 Å². The molecule has 3 nitrogen and oxygen atoms in total. The van der Waals surface area contributed by atoms with Crippen LogP contribution in [0.3, 0.4) is 0 Å². The van der Waals surface area contributed by atoms with Gasteiger partial charge in [0.05, 0.1) is 13.2 Å². The zero-order chi connectivity index (χ0) is 12.8. The van der Waals surface area contributed by atoms with E-state index in [1.54, 1.807) is 19.2 Å². The molecule has 1 aliphatic rings. The van der Waals surface area contributed by atoms with E-state index >= 15 is 0 Å². The quantitative estimate of drug-likeness (QED) is 0.756. The molecule has 0 bridgehead atoms. The highest BCUT2D eigenvalue weighted by Crippen LogP contribution is 2.26. The molecule has 0 spiro atoms. The Balaban J connectivity index is 1.77. The van der Waals surface area contributed by atoms with Gasteiger partial charge < -0.3 is 14.2 Å². The number of methoxy groups -OCH3 is 1. The van der Waals surface area contributed by atoms with Crippen LogP contribution in [0, 0.1) is 11.7 Å². The van der Waals surface area contributed by atoms with Crippen LogP contribution < -0.4 is 0 Å². The molecule has 0 atom stereocenters. The van der Waals surface area contributed by atoms with Crippen LogP contribution in [0.1, 0.15) is 24.7 Å². The predicted octanol–water partition coefficient (Wildman–Crippen LogP) is 2.91. The van der Waals surface area contributed by atoms with Crippen molar-refractivity contribution in [3.63, 3.8) is 0 Å². The summed E-state index contributed by atoms with van der Waals surface area (Å²) >= 11 is 0. The third-order valence-corrected chi connectivity index (χ3v) is 3.07. The van der Waals surface area contributed by atoms with Crippen molar-refractivity contribution in [1.82, 2.24) is 0 Å². The first-order valence-electron chi connectivity index (χ1n) is 6.27. The molecule has 0 radical (unpaired) electrons. The second-order valence-electron chi connectivity index (χ2n) is 4.55. The maximum atomic E-state index is 12.8. The Hall–Kier alpha value is -0.970. The average molecular weight is 254 g/mol. The molecule has 4 heteroatoms. The van der Waals surface area contributed by atoms with Crippen LogP contribution >= 0.6 is 0 Å². The van der Waals surface area contributed by atoms with Crippen LogP contribution in [0.4, 0.5) is 4.39 Å². The summed E-state index contributed by atoms with van der Waals surface area (Å²) in [7, 11) is 1.71. The highest BCUT2D eigenvalue weighted by Gasteiger charge is 2.23. The third-order valence-electron chi connectivity index (χ3n) is 3.07. The first-order chi connectivity index (χ1) is 8.79. The lowest BCUT2D eigenvalue weighted by molar-refractivity contribution is -0.206. The van der Waals surface area contributed by atoms with Crippen molar-refractivity contribution in [2.45, 2.75) is 19.1 Å². The van der Waals surface area contributed by atoms with Crippen LogP contribution in [0.15, 0.2) is 24.3 Å². The van der Waals surface area contributed by atoms with E-state index in [2.05, 4.69) is 0 Å². The molecule has 0 N–H and O–H groups in total. The van der Waals surface area contributed by atoms with Crippen LogP contribution in [0.25, 0.3) is 0 Å². The van der Waals surface area contributed by atoms with Crippen LogP contribution in [0.5, 0.6) is 0 Å². The molecule has 1 aromatic carbocycles. The van der Waals surface area contributed by atoms with Crippen molar-refractivity contribution in [1.29, 1.82) is 0 Å². The number of ether oxygens (including phenoxy) is 3. The van der Waals surface area contributed by atoms with Gasteiger partial charge >= 0.3 is 0 Å². The maximum absolute atomic E-state index is 12.8. The van der Waals surface area contributed by atoms with E-state index in [1.807, 2.05) is 0 Å². The lowest BCUT2D eigenvalue weighted by atomic mass is 10.0. The van der Waals surface area contributed by atoms with E-state index in [0.29, 0.717) is 19.1 Å². The van der Waals surface area contributed by atoms with Crippen molar-refractivity contribution in [2.24, 2.45) is 5.92 Å². The average Bonchev–Trinajstić information content (AvgIpc) is 2.41.